The van der Waals surface area contributed by atoms with Crippen LogP contribution >= 0.6 is 0 Å². The maximum Gasteiger partial charge on any atom is 0.127 e. The van der Waals surface area contributed by atoms with Crippen molar-refractivity contribution in [2.24, 2.45) is 0 Å². The first kappa shape index (κ1) is 16.8. The quantitative estimate of drug-likeness (QED) is 0.731. The number of nitrogens with one attached hydrogen (secondary N) is 1. The third kappa shape index (κ3) is 5.24. The lowest BCUT2D eigenvalue weighted by molar-refractivity contribution is 0.228. The molecule has 1 aliphatic rings. The van der Waals surface area contributed by atoms with Crippen molar-refractivity contribution in [3.05, 3.63) is 54.3 Å². The summed E-state index contributed by atoms with van der Waals surface area (Å²) < 4.78 is 18.6. The summed E-state index contributed by atoms with van der Waals surface area (Å²) in [6.45, 7) is 4.68. The maximum absolute atomic E-state index is 12.9. The SMILES string of the molecule is Fc1ccc(Oc2ccc(NCCCN3CCCCC3)cc2)cc1. The van der Waals surface area contributed by atoms with Gasteiger partial charge in [0, 0.05) is 12.2 Å². The Bertz CT molecular complexity index is 607. The van der Waals surface area contributed by atoms with Crippen molar-refractivity contribution < 1.29 is 9.13 Å². The van der Waals surface area contributed by atoms with Gasteiger partial charge in [-0.1, -0.05) is 6.42 Å². The van der Waals surface area contributed by atoms with Crippen molar-refractivity contribution >= 4 is 5.69 Å². The molecule has 0 aliphatic carbocycles. The summed E-state index contributed by atoms with van der Waals surface area (Å²) in [5, 5.41) is 3.45. The van der Waals surface area contributed by atoms with Crippen molar-refractivity contribution in [2.45, 2.75) is 25.7 Å². The van der Waals surface area contributed by atoms with Gasteiger partial charge < -0.3 is 15.0 Å². The molecule has 0 radical (unpaired) electrons. The van der Waals surface area contributed by atoms with Crippen LogP contribution in [0.4, 0.5) is 10.1 Å². The highest BCUT2D eigenvalue weighted by Gasteiger charge is 2.08. The lowest BCUT2D eigenvalue weighted by Crippen LogP contribution is -2.31. The number of ether oxygens (including phenoxy) is 1. The highest BCUT2D eigenvalue weighted by Crippen LogP contribution is 2.23. The Morgan fingerprint density at radius 1 is 0.875 bits per heavy atom. The Balaban J connectivity index is 1.40. The van der Waals surface area contributed by atoms with Crippen molar-refractivity contribution in [1.82, 2.24) is 4.90 Å². The Morgan fingerprint density at radius 2 is 1.50 bits per heavy atom. The molecule has 1 saturated heterocycles. The molecule has 24 heavy (non-hydrogen) atoms. The Hall–Kier alpha value is -2.07. The van der Waals surface area contributed by atoms with Gasteiger partial charge in [0.2, 0.25) is 0 Å². The molecule has 0 atom stereocenters. The number of rotatable bonds is 7. The average molecular weight is 328 g/mol. The van der Waals surface area contributed by atoms with Crippen LogP contribution in [0.5, 0.6) is 11.5 Å². The van der Waals surface area contributed by atoms with Crippen LogP contribution in [0.25, 0.3) is 0 Å². The van der Waals surface area contributed by atoms with E-state index < -0.39 is 0 Å². The first-order valence-corrected chi connectivity index (χ1v) is 8.79. The van der Waals surface area contributed by atoms with Gasteiger partial charge in [-0.25, -0.2) is 4.39 Å². The third-order valence-electron chi connectivity index (χ3n) is 4.33. The van der Waals surface area contributed by atoms with Gasteiger partial charge >= 0.3 is 0 Å². The van der Waals surface area contributed by atoms with Crippen molar-refractivity contribution in [3.8, 4) is 11.5 Å². The topological polar surface area (TPSA) is 24.5 Å². The molecule has 3 rings (SSSR count). The second-order valence-electron chi connectivity index (χ2n) is 6.26. The largest absolute Gasteiger partial charge is 0.457 e. The molecule has 0 unspecified atom stereocenters. The van der Waals surface area contributed by atoms with Crippen molar-refractivity contribution in [2.75, 3.05) is 31.5 Å². The van der Waals surface area contributed by atoms with Crippen LogP contribution in [0.2, 0.25) is 0 Å². The van der Waals surface area contributed by atoms with Gasteiger partial charge in [-0.3, -0.25) is 0 Å². The predicted molar refractivity (Wildman–Crippen MR) is 96.3 cm³/mol. The van der Waals surface area contributed by atoms with Gasteiger partial charge in [-0.15, -0.1) is 0 Å². The molecular formula is C20H25FN2O. The van der Waals surface area contributed by atoms with Crippen LogP contribution in [0.3, 0.4) is 0 Å². The monoisotopic (exact) mass is 328 g/mol. The van der Waals surface area contributed by atoms with Crippen LogP contribution in [0, 0.1) is 5.82 Å². The fraction of sp³-hybridized carbons (Fsp3) is 0.400. The molecule has 1 aliphatic heterocycles. The summed E-state index contributed by atoms with van der Waals surface area (Å²) in [5.41, 5.74) is 1.10. The van der Waals surface area contributed by atoms with E-state index in [9.17, 15) is 4.39 Å². The number of halogens is 1. The summed E-state index contributed by atoms with van der Waals surface area (Å²) in [7, 11) is 0. The lowest BCUT2D eigenvalue weighted by atomic mass is 10.1. The fourth-order valence-electron chi connectivity index (χ4n) is 3.00. The predicted octanol–water partition coefficient (Wildman–Crippen LogP) is 4.91. The van der Waals surface area contributed by atoms with E-state index in [0.29, 0.717) is 5.75 Å². The van der Waals surface area contributed by atoms with Crippen LogP contribution in [-0.2, 0) is 0 Å². The van der Waals surface area contributed by atoms with E-state index >= 15 is 0 Å². The highest BCUT2D eigenvalue weighted by atomic mass is 19.1. The minimum Gasteiger partial charge on any atom is -0.457 e. The molecule has 4 heteroatoms. The van der Waals surface area contributed by atoms with Gasteiger partial charge in [0.05, 0.1) is 0 Å². The first-order chi connectivity index (χ1) is 11.8. The third-order valence-corrected chi connectivity index (χ3v) is 4.33. The Kier molecular flexibility index (Phi) is 6.07. The number of anilines is 1. The number of piperidine rings is 1. The van der Waals surface area contributed by atoms with E-state index in [2.05, 4.69) is 10.2 Å². The zero-order chi connectivity index (χ0) is 16.6. The van der Waals surface area contributed by atoms with Crippen LogP contribution in [-0.4, -0.2) is 31.1 Å². The van der Waals surface area contributed by atoms with Gasteiger partial charge in [0.15, 0.2) is 0 Å². The summed E-state index contributed by atoms with van der Waals surface area (Å²) in [4.78, 5) is 2.56. The molecule has 3 nitrogen and oxygen atoms in total. The standard InChI is InChI=1S/C20H25FN2O/c21-17-5-9-19(10-6-17)24-20-11-7-18(8-12-20)22-13-4-16-23-14-2-1-3-15-23/h5-12,22H,1-4,13-16H2. The fourth-order valence-corrected chi connectivity index (χ4v) is 3.00. The second-order valence-corrected chi connectivity index (χ2v) is 6.26. The van der Waals surface area contributed by atoms with E-state index in [1.165, 1.54) is 51.0 Å². The van der Waals surface area contributed by atoms with Gasteiger partial charge in [0.25, 0.3) is 0 Å². The Labute approximate surface area is 143 Å². The minimum absolute atomic E-state index is 0.258. The van der Waals surface area contributed by atoms with Crippen LogP contribution in [0.1, 0.15) is 25.7 Å². The van der Waals surface area contributed by atoms with Gasteiger partial charge in [-0.05, 0) is 87.4 Å². The van der Waals surface area contributed by atoms with E-state index in [0.717, 1.165) is 24.4 Å². The lowest BCUT2D eigenvalue weighted by Gasteiger charge is -2.26. The maximum atomic E-state index is 12.9. The van der Waals surface area contributed by atoms with Crippen LogP contribution in [0.15, 0.2) is 48.5 Å². The molecule has 0 bridgehead atoms. The molecule has 1 heterocycles. The molecule has 1 fully saturated rings. The summed E-state index contributed by atoms with van der Waals surface area (Å²) in [6.07, 6.45) is 5.25. The van der Waals surface area contributed by atoms with Crippen LogP contribution < -0.4 is 10.1 Å². The second kappa shape index (κ2) is 8.69. The van der Waals surface area contributed by atoms with E-state index in [1.54, 1.807) is 12.1 Å². The number of hydrogen-bond donors (Lipinski definition) is 1. The molecule has 2 aromatic carbocycles. The van der Waals surface area contributed by atoms with E-state index in [-0.39, 0.29) is 5.82 Å². The molecular weight excluding hydrogens is 303 g/mol. The number of benzene rings is 2. The number of nitrogens with zero attached hydrogens (tertiary/aromatic N) is 1. The molecule has 1 N–H and O–H groups in total. The number of likely N-dealkylation sites (tertiary alicyclic amines) is 1. The minimum atomic E-state index is -0.258. The Morgan fingerprint density at radius 3 is 2.17 bits per heavy atom. The zero-order valence-corrected chi connectivity index (χ0v) is 14.0. The highest BCUT2D eigenvalue weighted by molar-refractivity contribution is 5.47. The molecule has 128 valence electrons. The van der Waals surface area contributed by atoms with E-state index in [1.807, 2.05) is 24.3 Å². The molecule has 0 saturated carbocycles. The summed E-state index contributed by atoms with van der Waals surface area (Å²) >= 11 is 0. The zero-order valence-electron chi connectivity index (χ0n) is 14.0. The van der Waals surface area contributed by atoms with Crippen molar-refractivity contribution in [3.63, 3.8) is 0 Å². The van der Waals surface area contributed by atoms with E-state index in [4.69, 9.17) is 4.74 Å². The summed E-state index contributed by atoms with van der Waals surface area (Å²) in [5.74, 6) is 1.13. The normalized spacial score (nSPS) is 15.2. The molecule has 0 amide bonds. The average Bonchev–Trinajstić information content (AvgIpc) is 2.63. The molecule has 0 spiro atoms. The van der Waals surface area contributed by atoms with Gasteiger partial charge in [-0.2, -0.15) is 0 Å². The van der Waals surface area contributed by atoms with Gasteiger partial charge in [0.1, 0.15) is 17.3 Å². The van der Waals surface area contributed by atoms with Crippen molar-refractivity contribution in [1.29, 1.82) is 0 Å². The molecule has 2 aromatic rings. The smallest absolute Gasteiger partial charge is 0.127 e. The first-order valence-electron chi connectivity index (χ1n) is 8.79. The summed E-state index contributed by atoms with van der Waals surface area (Å²) in [6, 6.07) is 13.9. The molecule has 0 aromatic heterocycles. The number of hydrogen-bond acceptors (Lipinski definition) is 3.